The zero-order valence-electron chi connectivity index (χ0n) is 10.7. The van der Waals surface area contributed by atoms with Crippen LogP contribution in [0.25, 0.3) is 11.4 Å². The third-order valence-corrected chi connectivity index (χ3v) is 3.96. The highest BCUT2D eigenvalue weighted by Crippen LogP contribution is 2.24. The second-order valence-corrected chi connectivity index (χ2v) is 5.81. The molecule has 0 saturated carbocycles. The number of nitrogens with zero attached hydrogens (tertiary/aromatic N) is 4. The van der Waals surface area contributed by atoms with Gasteiger partial charge < -0.3 is 4.74 Å². The maximum atomic E-state index is 5.34. The van der Waals surface area contributed by atoms with Crippen LogP contribution in [0.5, 0.6) is 5.75 Å². The van der Waals surface area contributed by atoms with E-state index in [1.165, 1.54) is 0 Å². The summed E-state index contributed by atoms with van der Waals surface area (Å²) >= 11 is 5.07. The molecule has 0 aliphatic carbocycles. The highest BCUT2D eigenvalue weighted by Gasteiger charge is 2.09. The van der Waals surface area contributed by atoms with E-state index in [1.54, 1.807) is 23.2 Å². The Balaban J connectivity index is 1.87. The molecule has 2 aromatic heterocycles. The minimum absolute atomic E-state index is 0.514. The lowest BCUT2D eigenvalue weighted by molar-refractivity contribution is 0.405. The van der Waals surface area contributed by atoms with Gasteiger partial charge in [0.25, 0.3) is 0 Å². The van der Waals surface area contributed by atoms with Gasteiger partial charge in [0.05, 0.1) is 13.7 Å². The second-order valence-electron chi connectivity index (χ2n) is 4.11. The second kappa shape index (κ2) is 5.72. The first-order valence-electron chi connectivity index (χ1n) is 5.89. The van der Waals surface area contributed by atoms with Crippen LogP contribution in [0.15, 0.2) is 39.5 Å². The topological polar surface area (TPSA) is 52.8 Å². The number of rotatable bonds is 4. The molecule has 0 spiro atoms. The SMILES string of the molecule is COc1ccc(Br)cc1Cn1nnc(-c2ccsc2)n1. The zero-order valence-corrected chi connectivity index (χ0v) is 13.1. The maximum Gasteiger partial charge on any atom is 0.205 e. The lowest BCUT2D eigenvalue weighted by Gasteiger charge is -2.07. The number of aromatic nitrogens is 4. The minimum Gasteiger partial charge on any atom is -0.496 e. The van der Waals surface area contributed by atoms with Crippen molar-refractivity contribution in [1.82, 2.24) is 20.2 Å². The standard InChI is InChI=1S/C13H11BrN4OS/c1-19-12-3-2-11(14)6-10(12)7-18-16-13(15-17-18)9-4-5-20-8-9/h2-6,8H,7H2,1H3. The van der Waals surface area contributed by atoms with Crippen molar-refractivity contribution in [3.05, 3.63) is 45.1 Å². The summed E-state index contributed by atoms with van der Waals surface area (Å²) in [5.74, 6) is 1.45. The molecule has 7 heteroatoms. The normalized spacial score (nSPS) is 10.7. The maximum absolute atomic E-state index is 5.34. The van der Waals surface area contributed by atoms with E-state index in [-0.39, 0.29) is 0 Å². The summed E-state index contributed by atoms with van der Waals surface area (Å²) in [5.41, 5.74) is 1.98. The number of benzene rings is 1. The van der Waals surface area contributed by atoms with Gasteiger partial charge in [0, 0.05) is 21.0 Å². The summed E-state index contributed by atoms with van der Waals surface area (Å²) in [5, 5.41) is 16.5. The predicted octanol–water partition coefficient (Wildman–Crippen LogP) is 3.22. The zero-order chi connectivity index (χ0) is 13.9. The Kier molecular flexibility index (Phi) is 3.79. The molecule has 0 saturated heterocycles. The minimum atomic E-state index is 0.514. The van der Waals surface area contributed by atoms with E-state index < -0.39 is 0 Å². The van der Waals surface area contributed by atoms with Crippen molar-refractivity contribution in [3.8, 4) is 17.1 Å². The average Bonchev–Trinajstić information content (AvgIpc) is 3.09. The van der Waals surface area contributed by atoms with Crippen LogP contribution in [0.4, 0.5) is 0 Å². The summed E-state index contributed by atoms with van der Waals surface area (Å²) in [6, 6.07) is 7.82. The molecule has 0 aliphatic rings. The number of methoxy groups -OCH3 is 1. The van der Waals surface area contributed by atoms with Crippen LogP contribution in [0, 0.1) is 0 Å². The summed E-state index contributed by atoms with van der Waals surface area (Å²) in [6.45, 7) is 0.514. The van der Waals surface area contributed by atoms with Gasteiger partial charge in [0.15, 0.2) is 0 Å². The number of hydrogen-bond donors (Lipinski definition) is 0. The first kappa shape index (κ1) is 13.3. The van der Waals surface area contributed by atoms with Crippen molar-refractivity contribution in [2.75, 3.05) is 7.11 Å². The van der Waals surface area contributed by atoms with Crippen LogP contribution < -0.4 is 4.74 Å². The first-order chi connectivity index (χ1) is 9.76. The van der Waals surface area contributed by atoms with Crippen LogP contribution in [0.3, 0.4) is 0 Å². The van der Waals surface area contributed by atoms with E-state index in [4.69, 9.17) is 4.74 Å². The highest BCUT2D eigenvalue weighted by atomic mass is 79.9. The molecule has 0 bridgehead atoms. The molecule has 5 nitrogen and oxygen atoms in total. The Morgan fingerprint density at radius 2 is 2.25 bits per heavy atom. The van der Waals surface area contributed by atoms with Crippen molar-refractivity contribution < 1.29 is 4.74 Å². The lowest BCUT2D eigenvalue weighted by Crippen LogP contribution is -2.05. The molecule has 0 radical (unpaired) electrons. The smallest absolute Gasteiger partial charge is 0.205 e. The van der Waals surface area contributed by atoms with Gasteiger partial charge in [-0.3, -0.25) is 0 Å². The fraction of sp³-hybridized carbons (Fsp3) is 0.154. The Bertz CT molecular complexity index is 711. The van der Waals surface area contributed by atoms with E-state index in [1.807, 2.05) is 35.0 Å². The first-order valence-corrected chi connectivity index (χ1v) is 7.62. The fourth-order valence-electron chi connectivity index (χ4n) is 1.84. The molecule has 0 unspecified atom stereocenters. The molecule has 0 N–H and O–H groups in total. The molecule has 0 aliphatic heterocycles. The molecule has 3 rings (SSSR count). The third kappa shape index (κ3) is 2.73. The van der Waals surface area contributed by atoms with Crippen molar-refractivity contribution in [2.45, 2.75) is 6.54 Å². The van der Waals surface area contributed by atoms with Gasteiger partial charge in [-0.15, -0.1) is 10.2 Å². The van der Waals surface area contributed by atoms with Gasteiger partial charge in [-0.1, -0.05) is 15.9 Å². The molecule has 0 atom stereocenters. The molecule has 2 heterocycles. The number of thiophene rings is 1. The van der Waals surface area contributed by atoms with Crippen molar-refractivity contribution in [1.29, 1.82) is 0 Å². The number of ether oxygens (including phenoxy) is 1. The number of hydrogen-bond acceptors (Lipinski definition) is 5. The van der Waals surface area contributed by atoms with E-state index in [0.29, 0.717) is 12.4 Å². The van der Waals surface area contributed by atoms with E-state index in [9.17, 15) is 0 Å². The quantitative estimate of drug-likeness (QED) is 0.724. The highest BCUT2D eigenvalue weighted by molar-refractivity contribution is 9.10. The Morgan fingerprint density at radius 1 is 1.35 bits per heavy atom. The summed E-state index contributed by atoms with van der Waals surface area (Å²) in [4.78, 5) is 1.57. The van der Waals surface area contributed by atoms with Crippen LogP contribution in [0.2, 0.25) is 0 Å². The van der Waals surface area contributed by atoms with Crippen LogP contribution in [-0.4, -0.2) is 27.3 Å². The van der Waals surface area contributed by atoms with Gasteiger partial charge in [0.2, 0.25) is 5.82 Å². The Morgan fingerprint density at radius 3 is 3.00 bits per heavy atom. The predicted molar refractivity (Wildman–Crippen MR) is 80.9 cm³/mol. The molecule has 3 aromatic rings. The third-order valence-electron chi connectivity index (χ3n) is 2.79. The largest absolute Gasteiger partial charge is 0.496 e. The molecular formula is C13H11BrN4OS. The van der Waals surface area contributed by atoms with E-state index in [2.05, 4.69) is 31.3 Å². The Labute approximate surface area is 128 Å². The van der Waals surface area contributed by atoms with Crippen LogP contribution >= 0.6 is 27.3 Å². The van der Waals surface area contributed by atoms with Crippen LogP contribution in [-0.2, 0) is 6.54 Å². The molecule has 1 aromatic carbocycles. The summed E-state index contributed by atoms with van der Waals surface area (Å²) in [7, 11) is 1.65. The summed E-state index contributed by atoms with van der Waals surface area (Å²) in [6.07, 6.45) is 0. The van der Waals surface area contributed by atoms with Gasteiger partial charge in [-0.05, 0) is 34.9 Å². The number of tetrazole rings is 1. The molecule has 0 amide bonds. The van der Waals surface area contributed by atoms with Gasteiger partial charge in [-0.25, -0.2) is 0 Å². The van der Waals surface area contributed by atoms with Crippen molar-refractivity contribution in [3.63, 3.8) is 0 Å². The lowest BCUT2D eigenvalue weighted by atomic mass is 10.2. The van der Waals surface area contributed by atoms with Gasteiger partial charge >= 0.3 is 0 Å². The molecule has 20 heavy (non-hydrogen) atoms. The van der Waals surface area contributed by atoms with E-state index >= 15 is 0 Å². The van der Waals surface area contributed by atoms with Gasteiger partial charge in [0.1, 0.15) is 5.75 Å². The molecule has 102 valence electrons. The summed E-state index contributed by atoms with van der Waals surface area (Å²) < 4.78 is 6.34. The van der Waals surface area contributed by atoms with Gasteiger partial charge in [-0.2, -0.15) is 16.1 Å². The van der Waals surface area contributed by atoms with Crippen molar-refractivity contribution in [2.24, 2.45) is 0 Å². The fourth-order valence-corrected chi connectivity index (χ4v) is 2.88. The van der Waals surface area contributed by atoms with Crippen LogP contribution in [0.1, 0.15) is 5.56 Å². The van der Waals surface area contributed by atoms with E-state index in [0.717, 1.165) is 21.3 Å². The molecular weight excluding hydrogens is 340 g/mol. The van der Waals surface area contributed by atoms with Crippen molar-refractivity contribution >= 4 is 27.3 Å². The number of halogens is 1. The molecule has 0 fully saturated rings. The Hall–Kier alpha value is -1.73. The average molecular weight is 351 g/mol. The monoisotopic (exact) mass is 350 g/mol.